The first-order chi connectivity index (χ1) is 14.1. The van der Waals surface area contributed by atoms with Gasteiger partial charge in [0.2, 0.25) is 0 Å². The summed E-state index contributed by atoms with van der Waals surface area (Å²) in [6, 6.07) is 5.09. The molecule has 1 aromatic carbocycles. The molecule has 0 aromatic heterocycles. The molecule has 0 unspecified atom stereocenters. The number of halogens is 2. The number of unbranched alkanes of at least 4 members (excludes halogenated alkanes) is 1. The highest BCUT2D eigenvalue weighted by Crippen LogP contribution is 2.32. The maximum Gasteiger partial charge on any atom is 0.387 e. The number of aliphatic imine (C=N–C) groups is 1. The van der Waals surface area contributed by atoms with Gasteiger partial charge in [0.05, 0.1) is 19.8 Å². The van der Waals surface area contributed by atoms with Crippen molar-refractivity contribution in [2.24, 2.45) is 4.99 Å². The minimum Gasteiger partial charge on any atom is -0.490 e. The molecule has 1 aromatic rings. The third kappa shape index (κ3) is 8.41. The second-order valence-corrected chi connectivity index (χ2v) is 6.57. The summed E-state index contributed by atoms with van der Waals surface area (Å²) in [4.78, 5) is 6.60. The van der Waals surface area contributed by atoms with Crippen molar-refractivity contribution in [3.05, 3.63) is 23.8 Å². The predicted molar refractivity (Wildman–Crippen MR) is 109 cm³/mol. The van der Waals surface area contributed by atoms with E-state index in [-0.39, 0.29) is 12.3 Å². The number of rotatable bonds is 11. The average molecular weight is 414 g/mol. The van der Waals surface area contributed by atoms with E-state index in [1.54, 1.807) is 32.2 Å². The molecular formula is C20H32F2N4O3. The lowest BCUT2D eigenvalue weighted by molar-refractivity contribution is -0.0520. The predicted octanol–water partition coefficient (Wildman–Crippen LogP) is 2.46. The molecule has 2 rings (SSSR count). The topological polar surface area (TPSA) is 67.4 Å². The van der Waals surface area contributed by atoms with Crippen LogP contribution in [0.15, 0.2) is 23.2 Å². The van der Waals surface area contributed by atoms with Crippen LogP contribution in [0, 0.1) is 0 Å². The van der Waals surface area contributed by atoms with Gasteiger partial charge in [0, 0.05) is 38.8 Å². The van der Waals surface area contributed by atoms with Crippen molar-refractivity contribution in [3.63, 3.8) is 0 Å². The highest BCUT2D eigenvalue weighted by Gasteiger charge is 2.16. The Kier molecular flexibility index (Phi) is 10.5. The Morgan fingerprint density at radius 2 is 2.03 bits per heavy atom. The minimum absolute atomic E-state index is 0.0535. The molecule has 29 heavy (non-hydrogen) atoms. The third-order valence-corrected chi connectivity index (χ3v) is 4.53. The van der Waals surface area contributed by atoms with Crippen LogP contribution in [0.1, 0.15) is 25.3 Å². The quantitative estimate of drug-likeness (QED) is 0.329. The summed E-state index contributed by atoms with van der Waals surface area (Å²) in [6.45, 7) is 5.01. The molecule has 0 saturated carbocycles. The smallest absolute Gasteiger partial charge is 0.387 e. The average Bonchev–Trinajstić information content (AvgIpc) is 2.72. The first-order valence-electron chi connectivity index (χ1n) is 10.1. The number of hydrogen-bond donors (Lipinski definition) is 2. The third-order valence-electron chi connectivity index (χ3n) is 4.53. The molecule has 0 amide bonds. The first kappa shape index (κ1) is 23.2. The van der Waals surface area contributed by atoms with E-state index in [2.05, 4.69) is 20.5 Å². The zero-order chi connectivity index (χ0) is 20.9. The maximum atomic E-state index is 12.8. The van der Waals surface area contributed by atoms with Crippen LogP contribution in [0.4, 0.5) is 8.78 Å². The molecular weight excluding hydrogens is 382 g/mol. The molecule has 0 bridgehead atoms. The Morgan fingerprint density at radius 1 is 1.24 bits per heavy atom. The van der Waals surface area contributed by atoms with Crippen molar-refractivity contribution in [1.29, 1.82) is 0 Å². The van der Waals surface area contributed by atoms with E-state index in [0.29, 0.717) is 23.9 Å². The summed E-state index contributed by atoms with van der Waals surface area (Å²) in [5.41, 5.74) is 0.575. The zero-order valence-corrected chi connectivity index (χ0v) is 17.3. The molecule has 164 valence electrons. The molecule has 7 nitrogen and oxygen atoms in total. The molecule has 0 radical (unpaired) electrons. The monoisotopic (exact) mass is 414 g/mol. The Morgan fingerprint density at radius 3 is 2.72 bits per heavy atom. The van der Waals surface area contributed by atoms with Gasteiger partial charge in [0.15, 0.2) is 17.5 Å². The van der Waals surface area contributed by atoms with E-state index in [1.165, 1.54) is 0 Å². The lowest BCUT2D eigenvalue weighted by Gasteiger charge is -2.26. The van der Waals surface area contributed by atoms with E-state index < -0.39 is 6.61 Å². The van der Waals surface area contributed by atoms with E-state index >= 15 is 0 Å². The molecule has 2 N–H and O–H groups in total. The van der Waals surface area contributed by atoms with Crippen LogP contribution in [-0.2, 0) is 11.3 Å². The summed E-state index contributed by atoms with van der Waals surface area (Å²) in [5.74, 6) is 0.970. The molecule has 0 atom stereocenters. The molecule has 1 saturated heterocycles. The zero-order valence-electron chi connectivity index (χ0n) is 17.3. The van der Waals surface area contributed by atoms with Crippen LogP contribution in [0.25, 0.3) is 0 Å². The highest BCUT2D eigenvalue weighted by molar-refractivity contribution is 5.79. The number of morpholine rings is 1. The molecule has 1 aliphatic rings. The largest absolute Gasteiger partial charge is 0.490 e. The van der Waals surface area contributed by atoms with Gasteiger partial charge >= 0.3 is 6.61 Å². The van der Waals surface area contributed by atoms with Crippen LogP contribution < -0.4 is 20.1 Å². The SMILES string of the molecule is CCOc1cccc(CNC(=NC)NCCCCN2CCOCC2)c1OC(F)F. The number of nitrogens with one attached hydrogen (secondary N) is 2. The normalized spacial score (nSPS) is 15.4. The summed E-state index contributed by atoms with van der Waals surface area (Å²) in [6.07, 6.45) is 2.10. The first-order valence-corrected chi connectivity index (χ1v) is 10.1. The lowest BCUT2D eigenvalue weighted by Crippen LogP contribution is -2.38. The molecule has 1 heterocycles. The van der Waals surface area contributed by atoms with Gasteiger partial charge in [-0.1, -0.05) is 12.1 Å². The van der Waals surface area contributed by atoms with Crippen LogP contribution in [-0.4, -0.2) is 70.5 Å². The number of guanidine groups is 1. The van der Waals surface area contributed by atoms with Gasteiger partial charge in [-0.05, 0) is 32.4 Å². The van der Waals surface area contributed by atoms with E-state index in [9.17, 15) is 8.78 Å². The van der Waals surface area contributed by atoms with Gasteiger partial charge < -0.3 is 24.8 Å². The van der Waals surface area contributed by atoms with Crippen LogP contribution in [0.2, 0.25) is 0 Å². The summed E-state index contributed by atoms with van der Waals surface area (Å²) >= 11 is 0. The summed E-state index contributed by atoms with van der Waals surface area (Å²) in [5, 5.41) is 6.39. The van der Waals surface area contributed by atoms with Crippen molar-refractivity contribution < 1.29 is 23.0 Å². The molecule has 0 aliphatic carbocycles. The Bertz CT molecular complexity index is 626. The van der Waals surface area contributed by atoms with E-state index in [0.717, 1.165) is 52.2 Å². The minimum atomic E-state index is -2.92. The molecule has 1 aliphatic heterocycles. The van der Waals surface area contributed by atoms with Gasteiger partial charge in [-0.2, -0.15) is 8.78 Å². The van der Waals surface area contributed by atoms with Gasteiger partial charge in [0.1, 0.15) is 0 Å². The number of alkyl halides is 2. The van der Waals surface area contributed by atoms with Gasteiger partial charge in [0.25, 0.3) is 0 Å². The Balaban J connectivity index is 1.78. The number of hydrogen-bond acceptors (Lipinski definition) is 5. The van der Waals surface area contributed by atoms with Crippen molar-refractivity contribution in [2.75, 3.05) is 53.0 Å². The molecule has 0 spiro atoms. The van der Waals surface area contributed by atoms with Crippen LogP contribution in [0.3, 0.4) is 0 Å². The number of ether oxygens (including phenoxy) is 3. The fourth-order valence-electron chi connectivity index (χ4n) is 3.08. The number of benzene rings is 1. The fraction of sp³-hybridized carbons (Fsp3) is 0.650. The second-order valence-electron chi connectivity index (χ2n) is 6.57. The van der Waals surface area contributed by atoms with Gasteiger partial charge in [-0.3, -0.25) is 9.89 Å². The molecule has 9 heteroatoms. The van der Waals surface area contributed by atoms with Crippen molar-refractivity contribution >= 4 is 5.96 Å². The van der Waals surface area contributed by atoms with Crippen LogP contribution >= 0.6 is 0 Å². The van der Waals surface area contributed by atoms with Gasteiger partial charge in [-0.15, -0.1) is 0 Å². The Hall–Kier alpha value is -2.13. The number of nitrogens with zero attached hydrogens (tertiary/aromatic N) is 2. The van der Waals surface area contributed by atoms with E-state index in [1.807, 2.05) is 0 Å². The highest BCUT2D eigenvalue weighted by atomic mass is 19.3. The second kappa shape index (κ2) is 13.2. The standard InChI is InChI=1S/C20H32F2N4O3/c1-3-28-17-8-6-7-16(18(17)29-19(21)22)15-25-20(23-2)24-9-4-5-10-26-11-13-27-14-12-26/h6-8,19H,3-5,9-15H2,1-2H3,(H2,23,24,25). The lowest BCUT2D eigenvalue weighted by atomic mass is 10.2. The molecule has 1 fully saturated rings. The van der Waals surface area contributed by atoms with Crippen molar-refractivity contribution in [3.8, 4) is 11.5 Å². The van der Waals surface area contributed by atoms with E-state index in [4.69, 9.17) is 14.2 Å². The summed E-state index contributed by atoms with van der Waals surface area (Å²) in [7, 11) is 1.68. The van der Waals surface area contributed by atoms with Crippen molar-refractivity contribution in [1.82, 2.24) is 15.5 Å². The Labute approximate surface area is 171 Å². The van der Waals surface area contributed by atoms with Crippen molar-refractivity contribution in [2.45, 2.75) is 32.9 Å². The summed E-state index contributed by atoms with van der Waals surface area (Å²) < 4.78 is 41.1. The maximum absolute atomic E-state index is 12.8. The van der Waals surface area contributed by atoms with Crippen LogP contribution in [0.5, 0.6) is 11.5 Å². The fourth-order valence-corrected chi connectivity index (χ4v) is 3.08. The van der Waals surface area contributed by atoms with Gasteiger partial charge in [-0.25, -0.2) is 0 Å². The number of para-hydroxylation sites is 1.